The maximum Gasteiger partial charge on any atom is 0.311 e. The molecule has 0 radical (unpaired) electrons. The normalized spacial score (nSPS) is 13.0. The lowest BCUT2D eigenvalue weighted by Gasteiger charge is -2.24. The van der Waals surface area contributed by atoms with Gasteiger partial charge in [0, 0.05) is 34.7 Å². The molecular formula is C30H42O4. The van der Waals surface area contributed by atoms with Crippen molar-refractivity contribution >= 4 is 22.7 Å². The number of carbonyl (C=O) groups excluding carboxylic acids is 2. The summed E-state index contributed by atoms with van der Waals surface area (Å²) >= 11 is 0. The predicted molar refractivity (Wildman–Crippen MR) is 139 cm³/mol. The highest BCUT2D eigenvalue weighted by Crippen LogP contribution is 2.44. The monoisotopic (exact) mass is 466 g/mol. The third-order valence-corrected chi connectivity index (χ3v) is 6.83. The average molecular weight is 467 g/mol. The van der Waals surface area contributed by atoms with Gasteiger partial charge in [0.2, 0.25) is 0 Å². The van der Waals surface area contributed by atoms with Crippen LogP contribution in [-0.2, 0) is 22.4 Å². The summed E-state index contributed by atoms with van der Waals surface area (Å²) in [5.41, 5.74) is 2.10. The number of carbonyl (C=O) groups is 2. The van der Waals surface area contributed by atoms with E-state index in [0.717, 1.165) is 73.3 Å². The Labute approximate surface area is 205 Å². The molecular weight excluding hydrogens is 424 g/mol. The van der Waals surface area contributed by atoms with Crippen molar-refractivity contribution in [3.8, 4) is 11.5 Å². The van der Waals surface area contributed by atoms with Crippen molar-refractivity contribution in [2.75, 3.05) is 0 Å². The molecule has 0 unspecified atom stereocenters. The van der Waals surface area contributed by atoms with Crippen molar-refractivity contribution in [2.45, 2.75) is 117 Å². The van der Waals surface area contributed by atoms with E-state index in [9.17, 15) is 9.59 Å². The van der Waals surface area contributed by atoms with Crippen LogP contribution in [0.15, 0.2) is 24.3 Å². The summed E-state index contributed by atoms with van der Waals surface area (Å²) in [4.78, 5) is 25.4. The molecule has 0 bridgehead atoms. The van der Waals surface area contributed by atoms with Crippen molar-refractivity contribution < 1.29 is 19.1 Å². The van der Waals surface area contributed by atoms with Gasteiger partial charge in [-0.25, -0.2) is 0 Å². The maximum absolute atomic E-state index is 12.7. The van der Waals surface area contributed by atoms with Gasteiger partial charge in [0.1, 0.15) is 11.5 Å². The molecule has 2 aromatic carbocycles. The molecule has 3 rings (SSSR count). The van der Waals surface area contributed by atoms with E-state index in [1.165, 1.54) is 38.5 Å². The van der Waals surface area contributed by atoms with Gasteiger partial charge >= 0.3 is 11.9 Å². The van der Waals surface area contributed by atoms with Crippen LogP contribution >= 0.6 is 0 Å². The van der Waals surface area contributed by atoms with Crippen LogP contribution in [0.25, 0.3) is 10.8 Å². The molecule has 34 heavy (non-hydrogen) atoms. The molecule has 0 aliphatic heterocycles. The molecule has 2 aromatic rings. The Kier molecular flexibility index (Phi) is 10.9. The molecule has 0 N–H and O–H groups in total. The zero-order chi connectivity index (χ0) is 24.2. The summed E-state index contributed by atoms with van der Waals surface area (Å²) in [7, 11) is 0. The molecule has 4 nitrogen and oxygen atoms in total. The molecule has 4 heteroatoms. The van der Waals surface area contributed by atoms with E-state index < -0.39 is 0 Å². The summed E-state index contributed by atoms with van der Waals surface area (Å²) in [6.07, 6.45) is 15.7. The molecule has 186 valence electrons. The molecule has 1 aliphatic carbocycles. The van der Waals surface area contributed by atoms with Crippen molar-refractivity contribution in [2.24, 2.45) is 0 Å². The number of rotatable bonds is 14. The fourth-order valence-electron chi connectivity index (χ4n) is 4.92. The highest BCUT2D eigenvalue weighted by Gasteiger charge is 2.26. The van der Waals surface area contributed by atoms with Gasteiger partial charge in [-0.05, 0) is 38.5 Å². The van der Waals surface area contributed by atoms with E-state index in [1.807, 2.05) is 24.3 Å². The lowest BCUT2D eigenvalue weighted by atomic mass is 9.87. The van der Waals surface area contributed by atoms with Crippen LogP contribution in [0.3, 0.4) is 0 Å². The Morgan fingerprint density at radius 2 is 1.06 bits per heavy atom. The lowest BCUT2D eigenvalue weighted by Crippen LogP contribution is -2.16. The summed E-state index contributed by atoms with van der Waals surface area (Å²) in [5.74, 6) is 1.05. The molecule has 0 amide bonds. The van der Waals surface area contributed by atoms with E-state index >= 15 is 0 Å². The topological polar surface area (TPSA) is 52.6 Å². The van der Waals surface area contributed by atoms with E-state index in [-0.39, 0.29) is 11.9 Å². The number of esters is 2. The van der Waals surface area contributed by atoms with Crippen molar-refractivity contribution in [1.29, 1.82) is 0 Å². The number of unbranched alkanes of at least 4 members (excludes halogenated alkanes) is 8. The van der Waals surface area contributed by atoms with Crippen molar-refractivity contribution in [3.05, 3.63) is 35.4 Å². The molecule has 0 atom stereocenters. The second kappa shape index (κ2) is 14.1. The van der Waals surface area contributed by atoms with Crippen molar-refractivity contribution in [1.82, 2.24) is 0 Å². The minimum absolute atomic E-state index is 0.161. The van der Waals surface area contributed by atoms with Crippen LogP contribution in [0.2, 0.25) is 0 Å². The van der Waals surface area contributed by atoms with Gasteiger partial charge in [-0.15, -0.1) is 0 Å². The molecule has 0 heterocycles. The molecule has 0 saturated heterocycles. The smallest absolute Gasteiger partial charge is 0.311 e. The third-order valence-electron chi connectivity index (χ3n) is 6.83. The minimum atomic E-state index is -0.161. The van der Waals surface area contributed by atoms with Crippen LogP contribution in [0.1, 0.15) is 115 Å². The first-order valence-corrected chi connectivity index (χ1v) is 13.6. The maximum atomic E-state index is 12.7. The van der Waals surface area contributed by atoms with E-state index in [2.05, 4.69) is 13.8 Å². The van der Waals surface area contributed by atoms with Crippen LogP contribution in [-0.4, -0.2) is 11.9 Å². The second-order valence-corrected chi connectivity index (χ2v) is 9.64. The first-order valence-electron chi connectivity index (χ1n) is 13.6. The van der Waals surface area contributed by atoms with Gasteiger partial charge in [0.15, 0.2) is 0 Å². The molecule has 1 aliphatic rings. The zero-order valence-electron chi connectivity index (χ0n) is 21.3. The molecule has 0 fully saturated rings. The van der Waals surface area contributed by atoms with Crippen LogP contribution in [0.5, 0.6) is 11.5 Å². The largest absolute Gasteiger partial charge is 0.426 e. The number of benzene rings is 2. The fraction of sp³-hybridized carbons (Fsp3) is 0.600. The van der Waals surface area contributed by atoms with Gasteiger partial charge in [0.25, 0.3) is 0 Å². The molecule has 0 aromatic heterocycles. The second-order valence-electron chi connectivity index (χ2n) is 9.64. The summed E-state index contributed by atoms with van der Waals surface area (Å²) < 4.78 is 12.0. The van der Waals surface area contributed by atoms with E-state index in [1.54, 1.807) is 0 Å². The number of hydrogen-bond acceptors (Lipinski definition) is 4. The van der Waals surface area contributed by atoms with Crippen LogP contribution in [0, 0.1) is 0 Å². The Bertz CT molecular complexity index is 870. The number of fused-ring (bicyclic) bond motifs is 2. The summed E-state index contributed by atoms with van der Waals surface area (Å²) in [6.45, 7) is 4.38. The third kappa shape index (κ3) is 7.32. The first-order chi connectivity index (χ1) is 16.7. The van der Waals surface area contributed by atoms with Gasteiger partial charge < -0.3 is 9.47 Å². The van der Waals surface area contributed by atoms with Gasteiger partial charge in [-0.1, -0.05) is 89.5 Å². The summed E-state index contributed by atoms with van der Waals surface area (Å²) in [6, 6.07) is 7.88. The standard InChI is InChI=1S/C30H42O4/c1-3-5-7-9-11-21-27(31)33-29-23-17-13-15-19-25(23)30(26-20-16-14-18-24(26)29)34-28(32)22-12-10-8-6-4-2/h13,15,17,19H,3-12,14,16,18,20-22H2,1-2H3. The quantitative estimate of drug-likeness (QED) is 0.160. The Morgan fingerprint density at radius 1 is 0.647 bits per heavy atom. The first kappa shape index (κ1) is 26.2. The highest BCUT2D eigenvalue weighted by molar-refractivity contribution is 5.98. The fourth-order valence-corrected chi connectivity index (χ4v) is 4.92. The zero-order valence-corrected chi connectivity index (χ0v) is 21.3. The van der Waals surface area contributed by atoms with Crippen LogP contribution in [0.4, 0.5) is 0 Å². The predicted octanol–water partition coefficient (Wildman–Crippen LogP) is 8.25. The van der Waals surface area contributed by atoms with Gasteiger partial charge in [0.05, 0.1) is 0 Å². The highest BCUT2D eigenvalue weighted by atomic mass is 16.5. The number of hydrogen-bond donors (Lipinski definition) is 0. The SMILES string of the molecule is CCCCCCCC(=O)Oc1c2c(c(OC(=O)CCCCCCC)c3ccccc13)CCCC2. The lowest BCUT2D eigenvalue weighted by molar-refractivity contribution is -0.135. The van der Waals surface area contributed by atoms with Gasteiger partial charge in [-0.2, -0.15) is 0 Å². The number of ether oxygens (including phenoxy) is 2. The Balaban J connectivity index is 1.79. The van der Waals surface area contributed by atoms with E-state index in [4.69, 9.17) is 9.47 Å². The minimum Gasteiger partial charge on any atom is -0.426 e. The average Bonchev–Trinajstić information content (AvgIpc) is 2.85. The van der Waals surface area contributed by atoms with Crippen LogP contribution < -0.4 is 9.47 Å². The molecule has 0 spiro atoms. The Morgan fingerprint density at radius 3 is 1.47 bits per heavy atom. The molecule has 0 saturated carbocycles. The summed E-state index contributed by atoms with van der Waals surface area (Å²) in [5, 5.41) is 1.74. The Hall–Kier alpha value is -2.36. The van der Waals surface area contributed by atoms with Gasteiger partial charge in [-0.3, -0.25) is 9.59 Å². The van der Waals surface area contributed by atoms with E-state index in [0.29, 0.717) is 24.3 Å². The van der Waals surface area contributed by atoms with Crippen molar-refractivity contribution in [3.63, 3.8) is 0 Å².